The summed E-state index contributed by atoms with van der Waals surface area (Å²) in [7, 11) is 0. The molecule has 4 aliphatic rings. The maximum Gasteiger partial charge on any atom is 0.251 e. The van der Waals surface area contributed by atoms with Crippen molar-refractivity contribution in [1.29, 1.82) is 0 Å². The Labute approximate surface area is 141 Å². The van der Waals surface area contributed by atoms with E-state index in [1.807, 2.05) is 24.3 Å². The van der Waals surface area contributed by atoms with E-state index in [2.05, 4.69) is 28.2 Å². The predicted molar refractivity (Wildman–Crippen MR) is 91.7 cm³/mol. The molecule has 1 N–H and O–H groups in total. The molecule has 2 nitrogen and oxygen atoms in total. The molecule has 0 aliphatic heterocycles. The second-order valence-electron chi connectivity index (χ2n) is 7.98. The third-order valence-corrected chi connectivity index (χ3v) is 6.99. The van der Waals surface area contributed by atoms with E-state index >= 15 is 0 Å². The van der Waals surface area contributed by atoms with Gasteiger partial charge in [-0.05, 0) is 92.9 Å². The molecule has 0 spiro atoms. The summed E-state index contributed by atoms with van der Waals surface area (Å²) >= 11 is 3.42. The van der Waals surface area contributed by atoms with Gasteiger partial charge in [0.25, 0.3) is 5.91 Å². The molecule has 1 amide bonds. The number of rotatable bonds is 3. The zero-order valence-corrected chi connectivity index (χ0v) is 14.7. The molecule has 3 heteroatoms. The molecular formula is C19H24BrNO. The summed E-state index contributed by atoms with van der Waals surface area (Å²) in [6.07, 6.45) is 8.36. The van der Waals surface area contributed by atoms with E-state index in [0.29, 0.717) is 5.41 Å². The van der Waals surface area contributed by atoms with Crippen LogP contribution in [0.1, 0.15) is 55.8 Å². The molecule has 5 rings (SSSR count). The van der Waals surface area contributed by atoms with E-state index in [1.165, 1.54) is 38.5 Å². The van der Waals surface area contributed by atoms with Crippen LogP contribution in [0.4, 0.5) is 0 Å². The number of amides is 1. The summed E-state index contributed by atoms with van der Waals surface area (Å²) in [5.41, 5.74) is 1.14. The lowest BCUT2D eigenvalue weighted by atomic mass is 9.48. The first-order valence-electron chi connectivity index (χ1n) is 8.60. The zero-order chi connectivity index (χ0) is 15.3. The Morgan fingerprint density at radius 3 is 2.09 bits per heavy atom. The zero-order valence-electron chi connectivity index (χ0n) is 13.1. The van der Waals surface area contributed by atoms with E-state index in [9.17, 15) is 4.79 Å². The smallest absolute Gasteiger partial charge is 0.251 e. The van der Waals surface area contributed by atoms with Crippen LogP contribution < -0.4 is 5.32 Å². The van der Waals surface area contributed by atoms with Gasteiger partial charge in [-0.15, -0.1) is 0 Å². The van der Waals surface area contributed by atoms with E-state index in [0.717, 1.165) is 27.8 Å². The highest BCUT2D eigenvalue weighted by atomic mass is 79.9. The highest BCUT2D eigenvalue weighted by Gasteiger charge is 2.53. The van der Waals surface area contributed by atoms with Gasteiger partial charge in [-0.1, -0.05) is 15.9 Å². The topological polar surface area (TPSA) is 29.1 Å². The lowest BCUT2D eigenvalue weighted by molar-refractivity contribution is -0.0688. The average molecular weight is 362 g/mol. The number of hydrogen-bond donors (Lipinski definition) is 1. The van der Waals surface area contributed by atoms with Crippen LogP contribution in [-0.4, -0.2) is 11.9 Å². The second-order valence-corrected chi connectivity index (χ2v) is 8.90. The molecule has 4 fully saturated rings. The molecule has 4 bridgehead atoms. The van der Waals surface area contributed by atoms with Crippen molar-refractivity contribution >= 4 is 21.8 Å². The van der Waals surface area contributed by atoms with Crippen LogP contribution in [0.3, 0.4) is 0 Å². The average Bonchev–Trinajstić information content (AvgIpc) is 2.46. The van der Waals surface area contributed by atoms with Gasteiger partial charge in [0, 0.05) is 16.1 Å². The van der Waals surface area contributed by atoms with Crippen molar-refractivity contribution in [2.45, 2.75) is 51.5 Å². The van der Waals surface area contributed by atoms with Gasteiger partial charge in [-0.3, -0.25) is 4.79 Å². The third kappa shape index (κ3) is 2.51. The van der Waals surface area contributed by atoms with Crippen LogP contribution in [0.25, 0.3) is 0 Å². The van der Waals surface area contributed by atoms with Gasteiger partial charge in [0.05, 0.1) is 0 Å². The minimum atomic E-state index is 0.0794. The highest BCUT2D eigenvalue weighted by Crippen LogP contribution is 2.61. The standard InChI is InChI=1S/C19H24BrNO/c1-12(21-18(22)16-2-4-17(20)5-3-16)19-9-13-6-14(10-19)8-15(7-13)11-19/h2-5,12-15H,6-11H2,1H3,(H,21,22). The van der Waals surface area contributed by atoms with Crippen LogP contribution >= 0.6 is 15.9 Å². The molecule has 4 saturated carbocycles. The van der Waals surface area contributed by atoms with Gasteiger partial charge in [0.15, 0.2) is 0 Å². The number of hydrogen-bond acceptors (Lipinski definition) is 1. The van der Waals surface area contributed by atoms with Crippen molar-refractivity contribution in [2.75, 3.05) is 0 Å². The molecule has 118 valence electrons. The normalized spacial score (nSPS) is 37.1. The number of carbonyl (C=O) groups is 1. The molecular weight excluding hydrogens is 338 g/mol. The molecule has 0 radical (unpaired) electrons. The SMILES string of the molecule is CC(NC(=O)c1ccc(Br)cc1)C12CC3CC(CC(C3)C1)C2. The molecule has 1 atom stereocenters. The fraction of sp³-hybridized carbons (Fsp3) is 0.632. The summed E-state index contributed by atoms with van der Waals surface area (Å²) in [4.78, 5) is 12.5. The van der Waals surface area contributed by atoms with Gasteiger partial charge < -0.3 is 5.32 Å². The predicted octanol–water partition coefficient (Wildman–Crippen LogP) is 4.78. The molecule has 4 aliphatic carbocycles. The lowest BCUT2D eigenvalue weighted by Gasteiger charge is -2.59. The molecule has 1 aromatic rings. The Hall–Kier alpha value is -0.830. The van der Waals surface area contributed by atoms with Gasteiger partial charge >= 0.3 is 0 Å². The Morgan fingerprint density at radius 2 is 1.59 bits per heavy atom. The summed E-state index contributed by atoms with van der Waals surface area (Å²) in [6.45, 7) is 2.24. The second kappa shape index (κ2) is 5.36. The Morgan fingerprint density at radius 1 is 1.09 bits per heavy atom. The lowest BCUT2D eigenvalue weighted by Crippen LogP contribution is -2.55. The maximum absolute atomic E-state index is 12.5. The van der Waals surface area contributed by atoms with Crippen molar-refractivity contribution in [1.82, 2.24) is 5.32 Å². The van der Waals surface area contributed by atoms with Crippen LogP contribution in [-0.2, 0) is 0 Å². The van der Waals surface area contributed by atoms with Crippen molar-refractivity contribution in [3.63, 3.8) is 0 Å². The maximum atomic E-state index is 12.5. The number of nitrogens with one attached hydrogen (secondary N) is 1. The van der Waals surface area contributed by atoms with E-state index in [-0.39, 0.29) is 11.9 Å². The van der Waals surface area contributed by atoms with E-state index in [1.54, 1.807) is 0 Å². The van der Waals surface area contributed by atoms with Gasteiger partial charge in [-0.25, -0.2) is 0 Å². The first-order valence-corrected chi connectivity index (χ1v) is 9.40. The Balaban J connectivity index is 1.49. The van der Waals surface area contributed by atoms with Gasteiger partial charge in [0.1, 0.15) is 0 Å². The van der Waals surface area contributed by atoms with Gasteiger partial charge in [-0.2, -0.15) is 0 Å². The number of benzene rings is 1. The van der Waals surface area contributed by atoms with Crippen LogP contribution in [0.2, 0.25) is 0 Å². The molecule has 0 heterocycles. The third-order valence-electron chi connectivity index (χ3n) is 6.46. The van der Waals surface area contributed by atoms with E-state index < -0.39 is 0 Å². The number of halogens is 1. The van der Waals surface area contributed by atoms with E-state index in [4.69, 9.17) is 0 Å². The van der Waals surface area contributed by atoms with Gasteiger partial charge in [0.2, 0.25) is 0 Å². The Bertz CT molecular complexity index is 544. The van der Waals surface area contributed by atoms with Crippen molar-refractivity contribution in [3.8, 4) is 0 Å². The van der Waals surface area contributed by atoms with Crippen LogP contribution in [0.5, 0.6) is 0 Å². The molecule has 22 heavy (non-hydrogen) atoms. The monoisotopic (exact) mass is 361 g/mol. The summed E-state index contributed by atoms with van der Waals surface area (Å²) in [5, 5.41) is 3.32. The Kier molecular flexibility index (Phi) is 3.60. The minimum Gasteiger partial charge on any atom is -0.349 e. The first kappa shape index (κ1) is 14.7. The molecule has 0 aromatic heterocycles. The van der Waals surface area contributed by atoms with Crippen molar-refractivity contribution in [3.05, 3.63) is 34.3 Å². The largest absolute Gasteiger partial charge is 0.349 e. The minimum absolute atomic E-state index is 0.0794. The number of carbonyl (C=O) groups excluding carboxylic acids is 1. The van der Waals surface area contributed by atoms with Crippen molar-refractivity contribution in [2.24, 2.45) is 23.2 Å². The van der Waals surface area contributed by atoms with Crippen molar-refractivity contribution < 1.29 is 4.79 Å². The highest BCUT2D eigenvalue weighted by molar-refractivity contribution is 9.10. The summed E-state index contributed by atoms with van der Waals surface area (Å²) < 4.78 is 1.01. The molecule has 1 unspecified atom stereocenters. The first-order chi connectivity index (χ1) is 10.5. The summed E-state index contributed by atoms with van der Waals surface area (Å²) in [6, 6.07) is 7.95. The molecule has 0 saturated heterocycles. The molecule has 1 aromatic carbocycles. The fourth-order valence-electron chi connectivity index (χ4n) is 5.74. The summed E-state index contributed by atoms with van der Waals surface area (Å²) in [5.74, 6) is 2.87. The quantitative estimate of drug-likeness (QED) is 0.824. The van der Waals surface area contributed by atoms with Crippen LogP contribution in [0.15, 0.2) is 28.7 Å². The fourth-order valence-corrected chi connectivity index (χ4v) is 6.01. The van der Waals surface area contributed by atoms with Crippen LogP contribution in [0, 0.1) is 23.2 Å².